The van der Waals surface area contributed by atoms with E-state index in [1.165, 1.54) is 18.9 Å². The number of aromatic nitrogens is 3. The maximum absolute atomic E-state index is 13.0. The van der Waals surface area contributed by atoms with Gasteiger partial charge in [-0.15, -0.1) is 0 Å². The predicted octanol–water partition coefficient (Wildman–Crippen LogP) is 2.24. The van der Waals surface area contributed by atoms with E-state index < -0.39 is 17.6 Å². The predicted molar refractivity (Wildman–Crippen MR) is 70.3 cm³/mol. The van der Waals surface area contributed by atoms with Gasteiger partial charge in [0.05, 0.1) is 13.2 Å². The second kappa shape index (κ2) is 5.70. The molecule has 2 aromatic heterocycles. The molecule has 0 saturated heterocycles. The highest BCUT2D eigenvalue weighted by atomic mass is 32.2. The molecule has 0 aliphatic heterocycles. The van der Waals surface area contributed by atoms with Gasteiger partial charge in [0.1, 0.15) is 0 Å². The highest BCUT2D eigenvalue weighted by Crippen LogP contribution is 2.30. The molecule has 0 atom stereocenters. The van der Waals surface area contributed by atoms with Crippen LogP contribution < -0.4 is 5.56 Å². The summed E-state index contributed by atoms with van der Waals surface area (Å²) in [6, 6.07) is 0. The Labute approximate surface area is 119 Å². The molecular weight excluding hydrogens is 315 g/mol. The molecule has 5 nitrogen and oxygen atoms in total. The lowest BCUT2D eigenvalue weighted by molar-refractivity contribution is -0.148. The molecule has 2 rings (SSSR count). The minimum atomic E-state index is -4.70. The number of thioether (sulfide) groups is 1. The molecule has 0 aromatic carbocycles. The number of ether oxygens (including phenoxy) is 1. The van der Waals surface area contributed by atoms with Crippen molar-refractivity contribution in [2.24, 2.45) is 0 Å². The summed E-state index contributed by atoms with van der Waals surface area (Å²) < 4.78 is 44.8. The molecule has 0 N–H and O–H groups in total. The Balaban J connectivity index is 2.71. The van der Waals surface area contributed by atoms with Crippen LogP contribution in [0, 0.1) is 0 Å². The van der Waals surface area contributed by atoms with E-state index in [1.807, 2.05) is 0 Å². The normalized spacial score (nSPS) is 12.2. The highest BCUT2D eigenvalue weighted by Gasteiger charge is 2.37. The summed E-state index contributed by atoms with van der Waals surface area (Å²) in [5.74, 6) is -1.22. The van der Waals surface area contributed by atoms with Crippen LogP contribution in [0.3, 0.4) is 0 Å². The molecule has 2 aromatic rings. The number of hydrogen-bond acceptors (Lipinski definition) is 6. The van der Waals surface area contributed by atoms with Gasteiger partial charge in [-0.25, -0.2) is 9.97 Å². The summed E-state index contributed by atoms with van der Waals surface area (Å²) in [5, 5.41) is 0. The fourth-order valence-corrected chi connectivity index (χ4v) is 3.00. The third-order valence-corrected chi connectivity index (χ3v) is 4.38. The average Bonchev–Trinajstić information content (AvgIpc) is 2.80. The van der Waals surface area contributed by atoms with Crippen molar-refractivity contribution < 1.29 is 17.9 Å². The van der Waals surface area contributed by atoms with Crippen molar-refractivity contribution in [1.82, 2.24) is 14.5 Å². The lowest BCUT2D eigenvalue weighted by Gasteiger charge is -2.13. The van der Waals surface area contributed by atoms with Crippen molar-refractivity contribution in [3.05, 3.63) is 16.2 Å². The first-order valence-corrected chi connectivity index (χ1v) is 7.44. The zero-order valence-electron chi connectivity index (χ0n) is 10.5. The Kier molecular flexibility index (Phi) is 4.35. The van der Waals surface area contributed by atoms with E-state index in [0.29, 0.717) is 8.91 Å². The lowest BCUT2D eigenvalue weighted by Crippen LogP contribution is -2.31. The molecule has 10 heteroatoms. The summed E-state index contributed by atoms with van der Waals surface area (Å²) in [4.78, 5) is 19.7. The van der Waals surface area contributed by atoms with E-state index in [0.717, 1.165) is 11.3 Å². The first-order chi connectivity index (χ1) is 9.38. The number of methoxy groups -OCH3 is 1. The van der Waals surface area contributed by atoms with Crippen molar-refractivity contribution >= 4 is 33.4 Å². The minimum absolute atomic E-state index is 0.000317. The molecule has 0 radical (unpaired) electrons. The first kappa shape index (κ1) is 15.3. The summed E-state index contributed by atoms with van der Waals surface area (Å²) >= 11 is 2.22. The molecule has 0 unspecified atom stereocenters. The molecule has 0 amide bonds. The quantitative estimate of drug-likeness (QED) is 0.807. The topological polar surface area (TPSA) is 57.0 Å². The number of nitrogens with zero attached hydrogens (tertiary/aromatic N) is 3. The Morgan fingerprint density at radius 2 is 2.10 bits per heavy atom. The van der Waals surface area contributed by atoms with Gasteiger partial charge in [-0.05, 0) is 6.26 Å². The number of rotatable bonds is 4. The van der Waals surface area contributed by atoms with E-state index in [1.54, 1.807) is 6.26 Å². The number of hydrogen-bond donors (Lipinski definition) is 0. The van der Waals surface area contributed by atoms with Crippen molar-refractivity contribution in [3.63, 3.8) is 0 Å². The number of alkyl halides is 3. The van der Waals surface area contributed by atoms with Gasteiger partial charge in [-0.1, -0.05) is 23.1 Å². The van der Waals surface area contributed by atoms with Gasteiger partial charge in [-0.2, -0.15) is 13.2 Å². The Morgan fingerprint density at radius 1 is 1.40 bits per heavy atom. The second-order valence-corrected chi connectivity index (χ2v) is 5.75. The van der Waals surface area contributed by atoms with Crippen molar-refractivity contribution in [1.29, 1.82) is 0 Å². The standard InChI is InChI=1S/C10H10F3N3O2S2/c1-18-4-3-16-7(17)5-6(20-9(14-5)19-2)15-8(16)10(11,12)13/h3-4H2,1-2H3. The van der Waals surface area contributed by atoms with Crippen LogP contribution in [-0.4, -0.2) is 34.5 Å². The summed E-state index contributed by atoms with van der Waals surface area (Å²) in [6.07, 6.45) is -2.98. The van der Waals surface area contributed by atoms with E-state index >= 15 is 0 Å². The van der Waals surface area contributed by atoms with Crippen molar-refractivity contribution in [2.45, 2.75) is 17.1 Å². The van der Waals surface area contributed by atoms with Crippen LogP contribution in [0.25, 0.3) is 10.3 Å². The fourth-order valence-electron chi connectivity index (χ4n) is 1.58. The van der Waals surface area contributed by atoms with E-state index in [4.69, 9.17) is 4.74 Å². The van der Waals surface area contributed by atoms with Crippen LogP contribution in [0.4, 0.5) is 13.2 Å². The molecule has 0 aliphatic carbocycles. The number of halogens is 3. The first-order valence-electron chi connectivity index (χ1n) is 5.40. The van der Waals surface area contributed by atoms with Gasteiger partial charge >= 0.3 is 6.18 Å². The van der Waals surface area contributed by atoms with Gasteiger partial charge in [0.25, 0.3) is 5.56 Å². The van der Waals surface area contributed by atoms with Gasteiger partial charge in [0.15, 0.2) is 14.7 Å². The van der Waals surface area contributed by atoms with Gasteiger partial charge < -0.3 is 4.74 Å². The molecule has 110 valence electrons. The van der Waals surface area contributed by atoms with Crippen LogP contribution in [-0.2, 0) is 17.5 Å². The molecule has 0 bridgehead atoms. The highest BCUT2D eigenvalue weighted by molar-refractivity contribution is 8.00. The monoisotopic (exact) mass is 325 g/mol. The van der Waals surface area contributed by atoms with Crippen LogP contribution in [0.2, 0.25) is 0 Å². The van der Waals surface area contributed by atoms with Gasteiger partial charge in [0.2, 0.25) is 5.82 Å². The molecule has 0 fully saturated rings. The minimum Gasteiger partial charge on any atom is -0.383 e. The zero-order chi connectivity index (χ0) is 14.9. The van der Waals surface area contributed by atoms with E-state index in [9.17, 15) is 18.0 Å². The molecule has 0 saturated carbocycles. The Bertz CT molecular complexity index is 681. The smallest absolute Gasteiger partial charge is 0.383 e. The Morgan fingerprint density at radius 3 is 2.65 bits per heavy atom. The molecule has 0 aliphatic rings. The molecule has 0 spiro atoms. The summed E-state index contributed by atoms with van der Waals surface area (Å²) in [5.41, 5.74) is -0.834. The van der Waals surface area contributed by atoms with E-state index in [2.05, 4.69) is 9.97 Å². The number of thiazole rings is 1. The second-order valence-electron chi connectivity index (χ2n) is 3.72. The largest absolute Gasteiger partial charge is 0.449 e. The van der Waals surface area contributed by atoms with Crippen LogP contribution in [0.5, 0.6) is 0 Å². The Hall–Kier alpha value is -1.13. The maximum atomic E-state index is 13.0. The fraction of sp³-hybridized carbons (Fsp3) is 0.500. The molecular formula is C10H10F3N3O2S2. The molecule has 20 heavy (non-hydrogen) atoms. The summed E-state index contributed by atoms with van der Waals surface area (Å²) in [7, 11) is 1.35. The van der Waals surface area contributed by atoms with Crippen molar-refractivity contribution in [2.75, 3.05) is 20.0 Å². The van der Waals surface area contributed by atoms with Crippen LogP contribution in [0.1, 0.15) is 5.82 Å². The lowest BCUT2D eigenvalue weighted by atomic mass is 10.4. The van der Waals surface area contributed by atoms with Crippen molar-refractivity contribution in [3.8, 4) is 0 Å². The van der Waals surface area contributed by atoms with E-state index in [-0.39, 0.29) is 23.5 Å². The van der Waals surface area contributed by atoms with Crippen LogP contribution >= 0.6 is 23.1 Å². The third kappa shape index (κ3) is 2.81. The maximum Gasteiger partial charge on any atom is 0.449 e. The van der Waals surface area contributed by atoms with Gasteiger partial charge in [-0.3, -0.25) is 9.36 Å². The average molecular weight is 325 g/mol. The SMILES string of the molecule is COCCn1c(C(F)(F)F)nc2sc(SC)nc2c1=O. The third-order valence-electron chi connectivity index (χ3n) is 2.45. The summed E-state index contributed by atoms with van der Waals surface area (Å²) in [6.45, 7) is -0.241. The zero-order valence-corrected chi connectivity index (χ0v) is 12.2. The number of fused-ring (bicyclic) bond motifs is 1. The molecule has 2 heterocycles. The van der Waals surface area contributed by atoms with Gasteiger partial charge in [0, 0.05) is 7.11 Å². The van der Waals surface area contributed by atoms with Crippen LogP contribution in [0.15, 0.2) is 9.13 Å².